The molecule has 3 aromatic rings. The van der Waals surface area contributed by atoms with Gasteiger partial charge in [0.15, 0.2) is 0 Å². The highest BCUT2D eigenvalue weighted by Crippen LogP contribution is 2.29. The molecule has 0 radical (unpaired) electrons. The first-order valence-corrected chi connectivity index (χ1v) is 8.77. The Morgan fingerprint density at radius 1 is 1.11 bits per heavy atom. The molecule has 1 aromatic carbocycles. The van der Waals surface area contributed by atoms with Crippen LogP contribution in [0.3, 0.4) is 0 Å². The highest BCUT2D eigenvalue weighted by Gasteiger charge is 2.30. The van der Waals surface area contributed by atoms with Crippen LogP contribution < -0.4 is 10.1 Å². The summed E-state index contributed by atoms with van der Waals surface area (Å²) in [5.74, 6) is -0.313. The summed E-state index contributed by atoms with van der Waals surface area (Å²) in [5, 5.41) is 12.4. The fourth-order valence-corrected chi connectivity index (χ4v) is 2.90. The van der Waals surface area contributed by atoms with Gasteiger partial charge in [-0.3, -0.25) is 4.79 Å². The highest BCUT2D eigenvalue weighted by atomic mass is 32.1. The number of ether oxygens (including phenoxy) is 1. The monoisotopic (exact) mass is 393 g/mol. The summed E-state index contributed by atoms with van der Waals surface area (Å²) in [5.41, 5.74) is -0.201. The van der Waals surface area contributed by atoms with Crippen molar-refractivity contribution in [1.82, 2.24) is 15.5 Å². The zero-order valence-electron chi connectivity index (χ0n) is 13.9. The second-order valence-corrected chi connectivity index (χ2v) is 6.36. The van der Waals surface area contributed by atoms with Gasteiger partial charge in [-0.15, -0.1) is 21.5 Å². The molecule has 1 N–H and O–H groups in total. The minimum absolute atomic E-state index is 0.0649. The number of rotatable bonds is 6. The molecule has 5 nitrogen and oxygen atoms in total. The van der Waals surface area contributed by atoms with Crippen molar-refractivity contribution in [3.8, 4) is 16.5 Å². The summed E-state index contributed by atoms with van der Waals surface area (Å²) in [6.07, 6.45) is -4.49. The summed E-state index contributed by atoms with van der Waals surface area (Å²) in [6, 6.07) is 11.5. The molecular formula is C18H14F3N3O2S. The number of carbonyl (C=O) groups excluding carboxylic acids is 1. The Bertz CT molecular complexity index is 897. The van der Waals surface area contributed by atoms with Crippen molar-refractivity contribution in [2.45, 2.75) is 6.18 Å². The van der Waals surface area contributed by atoms with E-state index in [0.29, 0.717) is 5.88 Å². The molecule has 0 aliphatic carbocycles. The molecule has 9 heteroatoms. The lowest BCUT2D eigenvalue weighted by molar-refractivity contribution is -0.137. The average Bonchev–Trinajstić information content (AvgIpc) is 3.20. The van der Waals surface area contributed by atoms with E-state index in [1.165, 1.54) is 12.1 Å². The molecule has 0 saturated heterocycles. The van der Waals surface area contributed by atoms with Crippen molar-refractivity contribution in [2.75, 3.05) is 13.2 Å². The van der Waals surface area contributed by atoms with Gasteiger partial charge in [0.05, 0.1) is 17.0 Å². The van der Waals surface area contributed by atoms with Crippen molar-refractivity contribution in [3.05, 3.63) is 65.0 Å². The fraction of sp³-hybridized carbons (Fsp3) is 0.167. The van der Waals surface area contributed by atoms with Crippen molar-refractivity contribution < 1.29 is 22.7 Å². The number of hydrogen-bond acceptors (Lipinski definition) is 5. The Morgan fingerprint density at radius 3 is 2.63 bits per heavy atom. The molecule has 0 spiro atoms. The second-order valence-electron chi connectivity index (χ2n) is 5.42. The minimum atomic E-state index is -4.49. The van der Waals surface area contributed by atoms with E-state index in [0.717, 1.165) is 22.7 Å². The van der Waals surface area contributed by atoms with Crippen molar-refractivity contribution in [1.29, 1.82) is 0 Å². The lowest BCUT2D eigenvalue weighted by atomic mass is 10.1. The number of amides is 1. The number of alkyl halides is 3. The summed E-state index contributed by atoms with van der Waals surface area (Å²) in [6.45, 7) is 0.223. The maximum atomic E-state index is 12.7. The number of nitrogens with one attached hydrogen (secondary N) is 1. The second kappa shape index (κ2) is 8.17. The van der Waals surface area contributed by atoms with Crippen LogP contribution in [0.2, 0.25) is 0 Å². The van der Waals surface area contributed by atoms with Gasteiger partial charge in [-0.05, 0) is 35.7 Å². The largest absolute Gasteiger partial charge is 0.475 e. The fourth-order valence-electron chi connectivity index (χ4n) is 2.21. The number of aromatic nitrogens is 2. The Hall–Kier alpha value is -2.94. The molecule has 0 aliphatic rings. The van der Waals surface area contributed by atoms with Crippen molar-refractivity contribution in [2.24, 2.45) is 0 Å². The third-order valence-corrected chi connectivity index (χ3v) is 4.40. The van der Waals surface area contributed by atoms with Crippen LogP contribution in [0.5, 0.6) is 5.88 Å². The first-order chi connectivity index (χ1) is 12.9. The lowest BCUT2D eigenvalue weighted by Crippen LogP contribution is -2.28. The van der Waals surface area contributed by atoms with Gasteiger partial charge in [0.1, 0.15) is 12.3 Å². The first-order valence-electron chi connectivity index (χ1n) is 7.89. The molecule has 0 unspecified atom stereocenters. The standard InChI is InChI=1S/C18H14F3N3O2S/c19-18(20,21)13-4-1-3-12(11-13)17(25)22-8-9-26-16-7-6-14(23-24-16)15-5-2-10-27-15/h1-7,10-11H,8-9H2,(H,22,25). The number of thiophene rings is 1. The van der Waals surface area contributed by atoms with Crippen LogP contribution in [0, 0.1) is 0 Å². The van der Waals surface area contributed by atoms with Crippen LogP contribution in [0.4, 0.5) is 13.2 Å². The van der Waals surface area contributed by atoms with Gasteiger partial charge in [0.25, 0.3) is 5.91 Å². The van der Waals surface area contributed by atoms with Crippen LogP contribution in [0.1, 0.15) is 15.9 Å². The quantitative estimate of drug-likeness (QED) is 0.642. The molecule has 0 bridgehead atoms. The minimum Gasteiger partial charge on any atom is -0.475 e. The predicted octanol–water partition coefficient (Wildman–Crippen LogP) is 4.03. The highest BCUT2D eigenvalue weighted by molar-refractivity contribution is 7.13. The van der Waals surface area contributed by atoms with Gasteiger partial charge >= 0.3 is 6.18 Å². The van der Waals surface area contributed by atoms with Gasteiger partial charge in [-0.1, -0.05) is 12.1 Å². The molecule has 0 fully saturated rings. The number of nitrogens with zero attached hydrogens (tertiary/aromatic N) is 2. The van der Waals surface area contributed by atoms with E-state index in [4.69, 9.17) is 4.74 Å². The molecule has 2 heterocycles. The molecule has 140 valence electrons. The Balaban J connectivity index is 1.48. The molecule has 0 aliphatic heterocycles. The molecule has 0 atom stereocenters. The molecule has 2 aromatic heterocycles. The number of benzene rings is 1. The van der Waals surface area contributed by atoms with Gasteiger partial charge < -0.3 is 10.1 Å². The molecule has 27 heavy (non-hydrogen) atoms. The van der Waals surface area contributed by atoms with Crippen LogP contribution >= 0.6 is 11.3 Å². The van der Waals surface area contributed by atoms with E-state index in [1.807, 2.05) is 17.5 Å². The van der Waals surface area contributed by atoms with Crippen LogP contribution in [-0.4, -0.2) is 29.3 Å². The van der Waals surface area contributed by atoms with Crippen molar-refractivity contribution >= 4 is 17.2 Å². The Labute approximate surface area is 156 Å². The first kappa shape index (κ1) is 18.8. The topological polar surface area (TPSA) is 64.1 Å². The maximum absolute atomic E-state index is 12.7. The predicted molar refractivity (Wildman–Crippen MR) is 94.6 cm³/mol. The third kappa shape index (κ3) is 5.04. The summed E-state index contributed by atoms with van der Waals surface area (Å²) in [7, 11) is 0. The SMILES string of the molecule is O=C(NCCOc1ccc(-c2cccs2)nn1)c1cccc(C(F)(F)F)c1. The Morgan fingerprint density at radius 2 is 1.96 bits per heavy atom. The molecule has 3 rings (SSSR count). The van der Waals surface area contributed by atoms with Gasteiger partial charge in [-0.25, -0.2) is 0 Å². The zero-order valence-corrected chi connectivity index (χ0v) is 14.7. The summed E-state index contributed by atoms with van der Waals surface area (Å²) >= 11 is 1.55. The van der Waals surface area contributed by atoms with E-state index in [-0.39, 0.29) is 18.7 Å². The van der Waals surface area contributed by atoms with Gasteiger partial charge in [0, 0.05) is 11.6 Å². The van der Waals surface area contributed by atoms with Crippen LogP contribution in [0.25, 0.3) is 10.6 Å². The summed E-state index contributed by atoms with van der Waals surface area (Å²) < 4.78 is 43.4. The van der Waals surface area contributed by atoms with Gasteiger partial charge in [-0.2, -0.15) is 13.2 Å². The van der Waals surface area contributed by atoms with Crippen LogP contribution in [0.15, 0.2) is 53.9 Å². The van der Waals surface area contributed by atoms with E-state index in [2.05, 4.69) is 15.5 Å². The third-order valence-electron chi connectivity index (χ3n) is 3.50. The van der Waals surface area contributed by atoms with Crippen LogP contribution in [-0.2, 0) is 6.18 Å². The molecule has 1 amide bonds. The van der Waals surface area contributed by atoms with E-state index in [9.17, 15) is 18.0 Å². The van der Waals surface area contributed by atoms with E-state index < -0.39 is 17.6 Å². The Kier molecular flexibility index (Phi) is 5.70. The number of hydrogen-bond donors (Lipinski definition) is 1. The number of carbonyl (C=O) groups is 1. The zero-order chi connectivity index (χ0) is 19.3. The van der Waals surface area contributed by atoms with Gasteiger partial charge in [0.2, 0.25) is 5.88 Å². The molecular weight excluding hydrogens is 379 g/mol. The maximum Gasteiger partial charge on any atom is 0.416 e. The smallest absolute Gasteiger partial charge is 0.416 e. The number of halogens is 3. The summed E-state index contributed by atoms with van der Waals surface area (Å²) in [4.78, 5) is 12.9. The average molecular weight is 393 g/mol. The normalized spacial score (nSPS) is 11.2. The molecule has 0 saturated carbocycles. The lowest BCUT2D eigenvalue weighted by Gasteiger charge is -2.09. The van der Waals surface area contributed by atoms with Crippen molar-refractivity contribution in [3.63, 3.8) is 0 Å². The van der Waals surface area contributed by atoms with E-state index >= 15 is 0 Å². The van der Waals surface area contributed by atoms with E-state index in [1.54, 1.807) is 23.5 Å².